The molecule has 20 heavy (non-hydrogen) atoms. The third-order valence-corrected chi connectivity index (χ3v) is 3.22. The monoisotopic (exact) mass is 353 g/mol. The van der Waals surface area contributed by atoms with Crippen LogP contribution in [-0.2, 0) is 0 Å². The van der Waals surface area contributed by atoms with Crippen LogP contribution in [0.25, 0.3) is 0 Å². The van der Waals surface area contributed by atoms with Gasteiger partial charge in [0.25, 0.3) is 0 Å². The Balaban J connectivity index is 3.03. The van der Waals surface area contributed by atoms with E-state index in [0.717, 1.165) is 6.07 Å². The third-order valence-electron chi connectivity index (χ3n) is 2.08. The maximum Gasteiger partial charge on any atom is 0.573 e. The molecule has 0 aliphatic carbocycles. The highest BCUT2D eigenvalue weighted by Gasteiger charge is 2.33. The minimum absolute atomic E-state index is 0.0281. The molecular formula is C10H9Cl3F3NO3. The maximum absolute atomic E-state index is 12.1. The van der Waals surface area contributed by atoms with Gasteiger partial charge in [0.1, 0.15) is 5.02 Å². The zero-order valence-electron chi connectivity index (χ0n) is 9.64. The van der Waals surface area contributed by atoms with Crippen molar-refractivity contribution in [3.8, 4) is 5.75 Å². The Morgan fingerprint density at radius 3 is 2.35 bits per heavy atom. The van der Waals surface area contributed by atoms with Crippen molar-refractivity contribution < 1.29 is 28.1 Å². The van der Waals surface area contributed by atoms with E-state index in [-0.39, 0.29) is 22.3 Å². The molecule has 0 spiro atoms. The summed E-state index contributed by atoms with van der Waals surface area (Å²) in [7, 11) is 0. The second-order valence-corrected chi connectivity index (χ2v) is 4.79. The highest BCUT2D eigenvalue weighted by Crippen LogP contribution is 2.44. The number of hydrogen-bond acceptors (Lipinski definition) is 4. The highest BCUT2D eigenvalue weighted by molar-refractivity contribution is 6.47. The zero-order valence-corrected chi connectivity index (χ0v) is 11.9. The van der Waals surface area contributed by atoms with Crippen molar-refractivity contribution in [1.29, 1.82) is 0 Å². The van der Waals surface area contributed by atoms with E-state index in [4.69, 9.17) is 39.9 Å². The number of benzene rings is 1. The molecule has 0 amide bonds. The predicted octanol–water partition coefficient (Wildman–Crippen LogP) is 3.31. The summed E-state index contributed by atoms with van der Waals surface area (Å²) in [4.78, 5) is 0. The van der Waals surface area contributed by atoms with E-state index >= 15 is 0 Å². The summed E-state index contributed by atoms with van der Waals surface area (Å²) in [5.74, 6) is -0.734. The number of nitrogens with one attached hydrogen (secondary N) is 1. The molecule has 1 unspecified atom stereocenters. The van der Waals surface area contributed by atoms with Crippen LogP contribution in [0, 0.1) is 0 Å². The quantitative estimate of drug-likeness (QED) is 0.710. The molecule has 0 fully saturated rings. The fourth-order valence-electron chi connectivity index (χ4n) is 1.22. The Morgan fingerprint density at radius 1 is 1.25 bits per heavy atom. The first-order chi connectivity index (χ1) is 9.15. The minimum Gasteiger partial charge on any atom is -0.404 e. The van der Waals surface area contributed by atoms with Crippen LogP contribution in [-0.4, -0.2) is 35.8 Å². The standard InChI is InChI=1S/C10H9Cl3F3NO3/c11-5-1-6(20-10(14,15)16)7(12)8(13)9(5)17-2-4(19)3-18/h1,4,17-19H,2-3H2. The number of rotatable bonds is 5. The van der Waals surface area contributed by atoms with Crippen LogP contribution in [0.2, 0.25) is 15.1 Å². The van der Waals surface area contributed by atoms with E-state index in [9.17, 15) is 18.3 Å². The number of aliphatic hydroxyl groups is 2. The number of alkyl halides is 3. The van der Waals surface area contributed by atoms with Crippen molar-refractivity contribution in [1.82, 2.24) is 0 Å². The van der Waals surface area contributed by atoms with Crippen molar-refractivity contribution in [3.63, 3.8) is 0 Å². The molecule has 4 nitrogen and oxygen atoms in total. The van der Waals surface area contributed by atoms with E-state index in [1.165, 1.54) is 0 Å². The second kappa shape index (κ2) is 6.91. The van der Waals surface area contributed by atoms with Gasteiger partial charge in [-0.05, 0) is 0 Å². The Hall–Kier alpha value is -0.600. The molecule has 0 saturated carbocycles. The van der Waals surface area contributed by atoms with Gasteiger partial charge in [-0.2, -0.15) is 0 Å². The van der Waals surface area contributed by atoms with Gasteiger partial charge >= 0.3 is 6.36 Å². The van der Waals surface area contributed by atoms with Crippen molar-refractivity contribution in [3.05, 3.63) is 21.1 Å². The highest BCUT2D eigenvalue weighted by atomic mass is 35.5. The van der Waals surface area contributed by atoms with E-state index in [1.807, 2.05) is 0 Å². The van der Waals surface area contributed by atoms with Gasteiger partial charge in [-0.25, -0.2) is 0 Å². The zero-order chi connectivity index (χ0) is 15.5. The molecule has 114 valence electrons. The molecule has 1 aromatic rings. The van der Waals surface area contributed by atoms with Crippen LogP contribution in [0.5, 0.6) is 5.75 Å². The summed E-state index contributed by atoms with van der Waals surface area (Å²) in [6, 6.07) is 0.844. The van der Waals surface area contributed by atoms with Crippen molar-refractivity contribution in [2.24, 2.45) is 0 Å². The number of halogens is 6. The van der Waals surface area contributed by atoms with Gasteiger partial charge in [0.2, 0.25) is 0 Å². The molecule has 0 aromatic heterocycles. The van der Waals surface area contributed by atoms with Gasteiger partial charge in [0.05, 0.1) is 28.4 Å². The topological polar surface area (TPSA) is 61.7 Å². The molecule has 0 bridgehead atoms. The lowest BCUT2D eigenvalue weighted by Gasteiger charge is -2.17. The summed E-state index contributed by atoms with van der Waals surface area (Å²) in [5, 5.41) is 19.4. The molecule has 0 aliphatic heterocycles. The summed E-state index contributed by atoms with van der Waals surface area (Å²) < 4.78 is 40.1. The fourth-order valence-corrected chi connectivity index (χ4v) is 1.98. The summed E-state index contributed by atoms with van der Waals surface area (Å²) >= 11 is 17.2. The smallest absolute Gasteiger partial charge is 0.404 e. The molecule has 0 aliphatic rings. The largest absolute Gasteiger partial charge is 0.573 e. The molecular weight excluding hydrogens is 345 g/mol. The van der Waals surface area contributed by atoms with Crippen LogP contribution < -0.4 is 10.1 Å². The lowest BCUT2D eigenvalue weighted by atomic mass is 10.2. The van der Waals surface area contributed by atoms with Crippen LogP contribution in [0.15, 0.2) is 6.07 Å². The third kappa shape index (κ3) is 4.75. The normalized spacial score (nSPS) is 13.2. The molecule has 0 heterocycles. The van der Waals surface area contributed by atoms with Gasteiger partial charge in [0.15, 0.2) is 5.75 Å². The van der Waals surface area contributed by atoms with Gasteiger partial charge in [0, 0.05) is 12.6 Å². The Kier molecular flexibility index (Phi) is 6.03. The van der Waals surface area contributed by atoms with E-state index in [2.05, 4.69) is 10.1 Å². The second-order valence-electron chi connectivity index (χ2n) is 3.62. The molecule has 1 atom stereocenters. The molecule has 0 radical (unpaired) electrons. The van der Waals surface area contributed by atoms with Crippen LogP contribution in [0.4, 0.5) is 18.9 Å². The van der Waals surface area contributed by atoms with E-state index < -0.39 is 29.8 Å². The van der Waals surface area contributed by atoms with Crippen LogP contribution in [0.1, 0.15) is 0 Å². The van der Waals surface area contributed by atoms with Gasteiger partial charge in [-0.1, -0.05) is 34.8 Å². The van der Waals surface area contributed by atoms with Gasteiger partial charge in [-0.15, -0.1) is 13.2 Å². The van der Waals surface area contributed by atoms with Crippen LogP contribution >= 0.6 is 34.8 Å². The number of aliphatic hydroxyl groups excluding tert-OH is 2. The number of ether oxygens (including phenoxy) is 1. The number of hydrogen-bond donors (Lipinski definition) is 3. The summed E-state index contributed by atoms with van der Waals surface area (Å²) in [6.45, 7) is -0.628. The van der Waals surface area contributed by atoms with E-state index in [1.54, 1.807) is 0 Å². The maximum atomic E-state index is 12.1. The van der Waals surface area contributed by atoms with Gasteiger partial charge in [-0.3, -0.25) is 0 Å². The Labute approximate surface area is 127 Å². The molecule has 1 rings (SSSR count). The molecule has 0 saturated heterocycles. The average Bonchev–Trinajstić information content (AvgIpc) is 2.33. The van der Waals surface area contributed by atoms with E-state index in [0.29, 0.717) is 0 Å². The SMILES string of the molecule is OCC(O)CNc1c(Cl)cc(OC(F)(F)F)c(Cl)c1Cl. The minimum atomic E-state index is -4.93. The lowest BCUT2D eigenvalue weighted by molar-refractivity contribution is -0.274. The first kappa shape index (κ1) is 17.5. The van der Waals surface area contributed by atoms with Crippen molar-refractivity contribution in [2.45, 2.75) is 12.5 Å². The van der Waals surface area contributed by atoms with Crippen molar-refractivity contribution in [2.75, 3.05) is 18.5 Å². The van der Waals surface area contributed by atoms with Gasteiger partial charge < -0.3 is 20.3 Å². The summed E-state index contributed by atoms with van der Waals surface area (Å²) in [6.07, 6.45) is -6.02. The first-order valence-corrected chi connectivity index (χ1v) is 6.25. The molecule has 3 N–H and O–H groups in total. The number of anilines is 1. The average molecular weight is 355 g/mol. The first-order valence-electron chi connectivity index (χ1n) is 5.11. The lowest BCUT2D eigenvalue weighted by Crippen LogP contribution is -2.23. The Morgan fingerprint density at radius 2 is 1.85 bits per heavy atom. The molecule has 10 heteroatoms. The van der Waals surface area contributed by atoms with Crippen molar-refractivity contribution >= 4 is 40.5 Å². The fraction of sp³-hybridized carbons (Fsp3) is 0.400. The summed E-state index contributed by atoms with van der Waals surface area (Å²) in [5.41, 5.74) is 0.0281. The van der Waals surface area contributed by atoms with Crippen LogP contribution in [0.3, 0.4) is 0 Å². The predicted molar refractivity (Wildman–Crippen MR) is 69.7 cm³/mol. The Bertz CT molecular complexity index is 485. The molecule has 1 aromatic carbocycles.